The summed E-state index contributed by atoms with van der Waals surface area (Å²) in [6.45, 7) is 5.97. The number of benzene rings is 1. The number of hydrogen-bond acceptors (Lipinski definition) is 4. The molecule has 2 heterocycles. The number of anilines is 1. The second-order valence-electron chi connectivity index (χ2n) is 6.31. The van der Waals surface area contributed by atoms with E-state index in [-0.39, 0.29) is 12.1 Å². The van der Waals surface area contributed by atoms with E-state index in [0.29, 0.717) is 6.42 Å². The van der Waals surface area contributed by atoms with Crippen LogP contribution >= 0.6 is 0 Å². The van der Waals surface area contributed by atoms with Crippen molar-refractivity contribution in [2.45, 2.75) is 39.7 Å². The van der Waals surface area contributed by atoms with Crippen molar-refractivity contribution in [3.63, 3.8) is 0 Å². The normalized spacial score (nSPS) is 12.0. The van der Waals surface area contributed by atoms with E-state index in [1.807, 2.05) is 38.1 Å². The molecular formula is C18H23N7O. The van der Waals surface area contributed by atoms with Gasteiger partial charge in [0.25, 0.3) is 0 Å². The van der Waals surface area contributed by atoms with E-state index in [1.165, 1.54) is 0 Å². The van der Waals surface area contributed by atoms with Crippen LogP contribution in [-0.4, -0.2) is 37.0 Å². The molecule has 0 aliphatic heterocycles. The van der Waals surface area contributed by atoms with Gasteiger partial charge in [-0.1, -0.05) is 13.0 Å². The maximum absolute atomic E-state index is 12.4. The lowest BCUT2D eigenvalue weighted by Crippen LogP contribution is -2.37. The lowest BCUT2D eigenvalue weighted by atomic mass is 10.1. The SMILES string of the molecule is CCc1ccc(-n2cnnc2)cc1NC(=O)N[C@@H](C)Cc1cc(C)[nH]n1. The van der Waals surface area contributed by atoms with Crippen LogP contribution in [0.1, 0.15) is 30.8 Å². The summed E-state index contributed by atoms with van der Waals surface area (Å²) in [5, 5.41) is 20.7. The maximum Gasteiger partial charge on any atom is 0.319 e. The molecule has 0 saturated heterocycles. The molecule has 0 saturated carbocycles. The van der Waals surface area contributed by atoms with Gasteiger partial charge in [0.2, 0.25) is 0 Å². The monoisotopic (exact) mass is 353 g/mol. The lowest BCUT2D eigenvalue weighted by molar-refractivity contribution is 0.249. The summed E-state index contributed by atoms with van der Waals surface area (Å²) in [6, 6.07) is 7.61. The first kappa shape index (κ1) is 17.7. The standard InChI is InChI=1S/C18H23N7O/c1-4-14-5-6-16(25-10-19-20-11-25)9-17(14)22-18(26)21-12(2)7-15-8-13(3)23-24-15/h5-6,8-12H,4,7H2,1-3H3,(H,23,24)(H2,21,22,26)/t12-/m0/s1. The minimum atomic E-state index is -0.236. The van der Waals surface area contributed by atoms with Crippen LogP contribution in [0.2, 0.25) is 0 Å². The third-order valence-electron chi connectivity index (χ3n) is 4.09. The number of carbonyl (C=O) groups is 1. The molecule has 8 heteroatoms. The summed E-state index contributed by atoms with van der Waals surface area (Å²) in [6.07, 6.45) is 4.73. The molecule has 0 aliphatic rings. The smallest absolute Gasteiger partial charge is 0.319 e. The molecule has 26 heavy (non-hydrogen) atoms. The third kappa shape index (κ3) is 4.27. The topological polar surface area (TPSA) is 101 Å². The molecular weight excluding hydrogens is 330 g/mol. The molecule has 0 aliphatic carbocycles. The number of aromatic nitrogens is 5. The van der Waals surface area contributed by atoms with Gasteiger partial charge in [-0.05, 0) is 44.0 Å². The average Bonchev–Trinajstić information content (AvgIpc) is 3.26. The fraction of sp³-hybridized carbons (Fsp3) is 0.333. The van der Waals surface area contributed by atoms with Crippen LogP contribution in [0, 0.1) is 6.92 Å². The Bertz CT molecular complexity index is 870. The van der Waals surface area contributed by atoms with Crippen LogP contribution < -0.4 is 10.6 Å². The number of H-pyrrole nitrogens is 1. The fourth-order valence-corrected chi connectivity index (χ4v) is 2.81. The van der Waals surface area contributed by atoms with Gasteiger partial charge < -0.3 is 10.6 Å². The Labute approximate surface area is 152 Å². The number of urea groups is 1. The molecule has 0 radical (unpaired) electrons. The number of aromatic amines is 1. The van der Waals surface area contributed by atoms with Gasteiger partial charge in [-0.15, -0.1) is 10.2 Å². The van der Waals surface area contributed by atoms with Gasteiger partial charge >= 0.3 is 6.03 Å². The molecule has 2 amide bonds. The summed E-state index contributed by atoms with van der Waals surface area (Å²) >= 11 is 0. The van der Waals surface area contributed by atoms with Crippen molar-refractivity contribution in [1.82, 2.24) is 30.3 Å². The minimum Gasteiger partial charge on any atom is -0.335 e. The molecule has 0 bridgehead atoms. The fourth-order valence-electron chi connectivity index (χ4n) is 2.81. The molecule has 0 spiro atoms. The van der Waals surface area contributed by atoms with Gasteiger partial charge in [0.05, 0.1) is 11.4 Å². The van der Waals surface area contributed by atoms with Crippen molar-refractivity contribution in [2.24, 2.45) is 0 Å². The van der Waals surface area contributed by atoms with Gasteiger partial charge in [0.1, 0.15) is 12.7 Å². The van der Waals surface area contributed by atoms with Gasteiger partial charge in [-0.2, -0.15) is 5.10 Å². The molecule has 1 atom stereocenters. The molecule has 3 rings (SSSR count). The van der Waals surface area contributed by atoms with Crippen molar-refractivity contribution in [1.29, 1.82) is 0 Å². The second kappa shape index (κ2) is 7.81. The lowest BCUT2D eigenvalue weighted by Gasteiger charge is -2.16. The minimum absolute atomic E-state index is 0.0381. The molecule has 0 fully saturated rings. The van der Waals surface area contributed by atoms with Gasteiger partial charge in [0, 0.05) is 23.8 Å². The Hall–Kier alpha value is -3.16. The Morgan fingerprint density at radius 3 is 2.69 bits per heavy atom. The molecule has 8 nitrogen and oxygen atoms in total. The van der Waals surface area contributed by atoms with Crippen molar-refractivity contribution >= 4 is 11.7 Å². The molecule has 3 N–H and O–H groups in total. The number of hydrogen-bond donors (Lipinski definition) is 3. The predicted molar refractivity (Wildman–Crippen MR) is 99.4 cm³/mol. The maximum atomic E-state index is 12.4. The Morgan fingerprint density at radius 2 is 2.04 bits per heavy atom. The molecule has 1 aromatic carbocycles. The third-order valence-corrected chi connectivity index (χ3v) is 4.09. The van der Waals surface area contributed by atoms with Crippen molar-refractivity contribution in [3.8, 4) is 5.69 Å². The number of amides is 2. The highest BCUT2D eigenvalue weighted by Crippen LogP contribution is 2.21. The Balaban J connectivity index is 1.66. The second-order valence-corrected chi connectivity index (χ2v) is 6.31. The predicted octanol–water partition coefficient (Wildman–Crippen LogP) is 2.61. The van der Waals surface area contributed by atoms with Crippen LogP contribution in [0.5, 0.6) is 0 Å². The average molecular weight is 353 g/mol. The Morgan fingerprint density at radius 1 is 1.27 bits per heavy atom. The first-order valence-corrected chi connectivity index (χ1v) is 8.61. The van der Waals surface area contributed by atoms with E-state index >= 15 is 0 Å². The van der Waals surface area contributed by atoms with Gasteiger partial charge in [0.15, 0.2) is 0 Å². The van der Waals surface area contributed by atoms with Crippen LogP contribution in [0.15, 0.2) is 36.9 Å². The van der Waals surface area contributed by atoms with Gasteiger partial charge in [-0.3, -0.25) is 9.67 Å². The van der Waals surface area contributed by atoms with Gasteiger partial charge in [-0.25, -0.2) is 4.79 Å². The first-order valence-electron chi connectivity index (χ1n) is 8.61. The molecule has 136 valence electrons. The van der Waals surface area contributed by atoms with Crippen molar-refractivity contribution in [3.05, 3.63) is 53.9 Å². The number of nitrogens with one attached hydrogen (secondary N) is 3. The molecule has 0 unspecified atom stereocenters. The highest BCUT2D eigenvalue weighted by molar-refractivity contribution is 5.90. The van der Waals surface area contributed by atoms with E-state index in [1.54, 1.807) is 17.2 Å². The summed E-state index contributed by atoms with van der Waals surface area (Å²) < 4.78 is 1.80. The van der Waals surface area contributed by atoms with Crippen LogP contribution in [0.3, 0.4) is 0 Å². The van der Waals surface area contributed by atoms with Crippen LogP contribution in [0.4, 0.5) is 10.5 Å². The Kier molecular flexibility index (Phi) is 5.31. The summed E-state index contributed by atoms with van der Waals surface area (Å²) in [5.41, 5.74) is 4.67. The highest BCUT2D eigenvalue weighted by Gasteiger charge is 2.12. The van der Waals surface area contributed by atoms with E-state index in [4.69, 9.17) is 0 Å². The van der Waals surface area contributed by atoms with E-state index < -0.39 is 0 Å². The zero-order valence-corrected chi connectivity index (χ0v) is 15.2. The largest absolute Gasteiger partial charge is 0.335 e. The molecule has 3 aromatic rings. The van der Waals surface area contributed by atoms with Crippen LogP contribution in [0.25, 0.3) is 5.69 Å². The summed E-state index contributed by atoms with van der Waals surface area (Å²) in [7, 11) is 0. The first-order chi connectivity index (χ1) is 12.5. The van der Waals surface area contributed by atoms with Crippen molar-refractivity contribution in [2.75, 3.05) is 5.32 Å². The zero-order chi connectivity index (χ0) is 18.5. The molecule has 2 aromatic heterocycles. The van der Waals surface area contributed by atoms with E-state index in [2.05, 4.69) is 38.0 Å². The van der Waals surface area contributed by atoms with Crippen LogP contribution in [-0.2, 0) is 12.8 Å². The van der Waals surface area contributed by atoms with Crippen molar-refractivity contribution < 1.29 is 4.79 Å². The number of nitrogens with zero attached hydrogens (tertiary/aromatic N) is 4. The number of carbonyl (C=O) groups excluding carboxylic acids is 1. The number of rotatable bonds is 6. The van der Waals surface area contributed by atoms with E-state index in [0.717, 1.165) is 34.7 Å². The zero-order valence-electron chi connectivity index (χ0n) is 15.2. The van der Waals surface area contributed by atoms with E-state index in [9.17, 15) is 4.79 Å². The summed E-state index contributed by atoms with van der Waals surface area (Å²) in [4.78, 5) is 12.4. The quantitative estimate of drug-likeness (QED) is 0.634. The number of aryl methyl sites for hydroxylation is 2. The summed E-state index contributed by atoms with van der Waals surface area (Å²) in [5.74, 6) is 0. The highest BCUT2D eigenvalue weighted by atomic mass is 16.2.